The molecule has 3 rings (SSSR count). The lowest BCUT2D eigenvalue weighted by Gasteiger charge is -1.92. The molecule has 0 N–H and O–H groups in total. The summed E-state index contributed by atoms with van der Waals surface area (Å²) in [5.41, 5.74) is 1.67. The Kier molecular flexibility index (Phi) is 3.75. The van der Waals surface area contributed by atoms with E-state index >= 15 is 0 Å². The Balaban J connectivity index is 1.75. The third-order valence-corrected chi connectivity index (χ3v) is 3.94. The van der Waals surface area contributed by atoms with Crippen molar-refractivity contribution in [2.45, 2.75) is 0 Å². The van der Waals surface area contributed by atoms with Crippen molar-refractivity contribution in [2.75, 3.05) is 0 Å². The molecule has 0 bridgehead atoms. The van der Waals surface area contributed by atoms with Crippen molar-refractivity contribution < 1.29 is 4.79 Å². The summed E-state index contributed by atoms with van der Waals surface area (Å²) in [6.07, 6.45) is 8.39. The molecule has 0 unspecified atom stereocenters. The van der Waals surface area contributed by atoms with Crippen LogP contribution in [0.4, 0.5) is 0 Å². The van der Waals surface area contributed by atoms with Crippen molar-refractivity contribution in [1.29, 1.82) is 0 Å². The molecule has 2 heterocycles. The van der Waals surface area contributed by atoms with E-state index in [1.54, 1.807) is 53.8 Å². The van der Waals surface area contributed by atoms with E-state index in [2.05, 4.69) is 10.1 Å². The first-order valence-corrected chi connectivity index (χ1v) is 7.26. The normalized spacial score (nSPS) is 11.1. The Bertz CT molecular complexity index is 787. The Morgan fingerprint density at radius 1 is 1.24 bits per heavy atom. The van der Waals surface area contributed by atoms with Crippen molar-refractivity contribution in [3.8, 4) is 10.6 Å². The highest BCUT2D eigenvalue weighted by molar-refractivity contribution is 7.15. The molecule has 3 aromatic rings. The fourth-order valence-electron chi connectivity index (χ4n) is 1.88. The molecule has 0 aliphatic rings. The standard InChI is InChI=1S/C16H13N3OS/c1-19-11-13(9-18-19)15(20)8-7-14-10-17-16(21-14)12-5-3-2-4-6-12/h2-11H,1H3/b8-7+. The van der Waals surface area contributed by atoms with Gasteiger partial charge in [0.25, 0.3) is 0 Å². The number of nitrogens with zero attached hydrogens (tertiary/aromatic N) is 3. The summed E-state index contributed by atoms with van der Waals surface area (Å²) in [4.78, 5) is 17.3. The van der Waals surface area contributed by atoms with Gasteiger partial charge >= 0.3 is 0 Å². The molecule has 0 saturated carbocycles. The monoisotopic (exact) mass is 295 g/mol. The quantitative estimate of drug-likeness (QED) is 0.547. The summed E-state index contributed by atoms with van der Waals surface area (Å²) in [5, 5.41) is 4.94. The second kappa shape index (κ2) is 5.85. The number of hydrogen-bond donors (Lipinski definition) is 0. The molecule has 0 saturated heterocycles. The van der Waals surface area contributed by atoms with E-state index in [0.29, 0.717) is 5.56 Å². The largest absolute Gasteiger partial charge is 0.289 e. The number of hydrogen-bond acceptors (Lipinski definition) is 4. The molecular formula is C16H13N3OS. The van der Waals surface area contributed by atoms with Gasteiger partial charge in [-0.2, -0.15) is 5.10 Å². The van der Waals surface area contributed by atoms with Crippen LogP contribution >= 0.6 is 11.3 Å². The second-order valence-electron chi connectivity index (χ2n) is 4.53. The molecule has 0 aliphatic heterocycles. The van der Waals surface area contributed by atoms with E-state index < -0.39 is 0 Å². The molecule has 0 radical (unpaired) electrons. The number of thiazole rings is 1. The number of carbonyl (C=O) groups excluding carboxylic acids is 1. The minimum Gasteiger partial charge on any atom is -0.289 e. The molecule has 1 aromatic carbocycles. The van der Waals surface area contributed by atoms with Crippen LogP contribution in [0.3, 0.4) is 0 Å². The van der Waals surface area contributed by atoms with Gasteiger partial charge < -0.3 is 0 Å². The van der Waals surface area contributed by atoms with Crippen molar-refractivity contribution in [3.05, 3.63) is 65.4 Å². The maximum atomic E-state index is 12.0. The van der Waals surface area contributed by atoms with Crippen LogP contribution in [0.15, 0.2) is 55.0 Å². The first-order chi connectivity index (χ1) is 10.2. The van der Waals surface area contributed by atoms with Crippen LogP contribution in [0.2, 0.25) is 0 Å². The third kappa shape index (κ3) is 3.14. The van der Waals surface area contributed by atoms with Crippen molar-refractivity contribution in [2.24, 2.45) is 7.05 Å². The summed E-state index contributed by atoms with van der Waals surface area (Å²) in [7, 11) is 1.79. The van der Waals surface area contributed by atoms with Crippen LogP contribution in [0.25, 0.3) is 16.6 Å². The highest BCUT2D eigenvalue weighted by atomic mass is 32.1. The Labute approximate surface area is 126 Å². The van der Waals surface area contributed by atoms with Gasteiger partial charge in [-0.15, -0.1) is 11.3 Å². The van der Waals surface area contributed by atoms with Gasteiger partial charge in [-0.05, 0) is 12.2 Å². The molecular weight excluding hydrogens is 282 g/mol. The molecule has 2 aromatic heterocycles. The fraction of sp³-hybridized carbons (Fsp3) is 0.0625. The number of rotatable bonds is 4. The molecule has 0 fully saturated rings. The Hall–Kier alpha value is -2.53. The zero-order valence-corrected chi connectivity index (χ0v) is 12.2. The number of allylic oxidation sites excluding steroid dienone is 1. The topological polar surface area (TPSA) is 47.8 Å². The maximum Gasteiger partial charge on any atom is 0.189 e. The van der Waals surface area contributed by atoms with Crippen LogP contribution in [-0.2, 0) is 7.05 Å². The Morgan fingerprint density at radius 3 is 2.76 bits per heavy atom. The van der Waals surface area contributed by atoms with E-state index in [-0.39, 0.29) is 5.78 Å². The molecule has 0 aliphatic carbocycles. The van der Waals surface area contributed by atoms with Crippen LogP contribution in [-0.4, -0.2) is 20.5 Å². The van der Waals surface area contributed by atoms with Crippen molar-refractivity contribution in [3.63, 3.8) is 0 Å². The van der Waals surface area contributed by atoms with Gasteiger partial charge in [0, 0.05) is 29.9 Å². The van der Waals surface area contributed by atoms with Crippen molar-refractivity contribution >= 4 is 23.2 Å². The summed E-state index contributed by atoms with van der Waals surface area (Å²) >= 11 is 1.56. The van der Waals surface area contributed by atoms with Gasteiger partial charge in [0.2, 0.25) is 0 Å². The molecule has 21 heavy (non-hydrogen) atoms. The Morgan fingerprint density at radius 2 is 2.05 bits per heavy atom. The van der Waals surface area contributed by atoms with Gasteiger partial charge in [-0.25, -0.2) is 4.98 Å². The highest BCUT2D eigenvalue weighted by Crippen LogP contribution is 2.25. The summed E-state index contributed by atoms with van der Waals surface area (Å²) in [6, 6.07) is 9.99. The van der Waals surface area contributed by atoms with Crippen LogP contribution in [0.5, 0.6) is 0 Å². The third-order valence-electron chi connectivity index (χ3n) is 2.93. The first kappa shape index (κ1) is 13.5. The van der Waals surface area contributed by atoms with E-state index in [0.717, 1.165) is 15.4 Å². The van der Waals surface area contributed by atoms with E-state index in [1.165, 1.54) is 0 Å². The average Bonchev–Trinajstić information content (AvgIpc) is 3.15. The number of aryl methyl sites for hydroxylation is 1. The lowest BCUT2D eigenvalue weighted by Crippen LogP contribution is -1.91. The maximum absolute atomic E-state index is 12.0. The van der Waals surface area contributed by atoms with Crippen LogP contribution in [0.1, 0.15) is 15.2 Å². The molecule has 5 heteroatoms. The fourth-order valence-corrected chi connectivity index (χ4v) is 2.70. The minimum atomic E-state index is -0.0576. The van der Waals surface area contributed by atoms with E-state index in [4.69, 9.17) is 0 Å². The van der Waals surface area contributed by atoms with Gasteiger partial charge in [0.1, 0.15) is 5.01 Å². The molecule has 104 valence electrons. The lowest BCUT2D eigenvalue weighted by molar-refractivity contribution is 0.104. The highest BCUT2D eigenvalue weighted by Gasteiger charge is 2.05. The predicted molar refractivity (Wildman–Crippen MR) is 84.1 cm³/mol. The molecule has 0 atom stereocenters. The van der Waals surface area contributed by atoms with Gasteiger partial charge in [-0.3, -0.25) is 9.48 Å². The SMILES string of the molecule is Cn1cc(C(=O)/C=C/c2cnc(-c3ccccc3)s2)cn1. The summed E-state index contributed by atoms with van der Waals surface area (Å²) < 4.78 is 1.61. The lowest BCUT2D eigenvalue weighted by atomic mass is 10.2. The van der Waals surface area contributed by atoms with Crippen LogP contribution in [0, 0.1) is 0 Å². The first-order valence-electron chi connectivity index (χ1n) is 6.45. The van der Waals surface area contributed by atoms with Gasteiger partial charge in [-0.1, -0.05) is 30.3 Å². The van der Waals surface area contributed by atoms with E-state index in [1.807, 2.05) is 30.3 Å². The number of benzene rings is 1. The second-order valence-corrected chi connectivity index (χ2v) is 5.60. The zero-order valence-electron chi connectivity index (χ0n) is 11.4. The number of carbonyl (C=O) groups is 1. The molecule has 4 nitrogen and oxygen atoms in total. The number of aromatic nitrogens is 3. The van der Waals surface area contributed by atoms with Gasteiger partial charge in [0.05, 0.1) is 11.8 Å². The van der Waals surface area contributed by atoms with E-state index in [9.17, 15) is 4.79 Å². The van der Waals surface area contributed by atoms with Crippen molar-refractivity contribution in [1.82, 2.24) is 14.8 Å². The minimum absolute atomic E-state index is 0.0576. The predicted octanol–water partition coefficient (Wildman–Crippen LogP) is 3.44. The average molecular weight is 295 g/mol. The molecule has 0 amide bonds. The van der Waals surface area contributed by atoms with Crippen LogP contribution < -0.4 is 0 Å². The smallest absolute Gasteiger partial charge is 0.189 e. The molecule has 0 spiro atoms. The summed E-state index contributed by atoms with van der Waals surface area (Å²) in [5.74, 6) is -0.0576. The number of ketones is 1. The van der Waals surface area contributed by atoms with Gasteiger partial charge in [0.15, 0.2) is 5.78 Å². The summed E-state index contributed by atoms with van der Waals surface area (Å²) in [6.45, 7) is 0. The zero-order chi connectivity index (χ0) is 14.7.